The number of hydrogen-bond acceptors (Lipinski definition) is 16. The van der Waals surface area contributed by atoms with Crippen LogP contribution in [0, 0.1) is 47.3 Å². The first-order valence-electron chi connectivity index (χ1n) is 34.4. The van der Waals surface area contributed by atoms with Gasteiger partial charge in [0.25, 0.3) is 5.91 Å². The predicted molar refractivity (Wildman–Crippen MR) is 368 cm³/mol. The van der Waals surface area contributed by atoms with Gasteiger partial charge in [-0.15, -0.1) is 0 Å². The Hall–Kier alpha value is -6.80. The van der Waals surface area contributed by atoms with Crippen LogP contribution in [0.4, 0.5) is 0 Å². The van der Waals surface area contributed by atoms with E-state index in [0.717, 1.165) is 20.4 Å². The second-order valence-electron chi connectivity index (χ2n) is 29.6. The van der Waals surface area contributed by atoms with E-state index in [4.69, 9.17) is 4.74 Å². The molecule has 1 fully saturated rings. The molecule has 0 aliphatic carbocycles. The van der Waals surface area contributed by atoms with Crippen LogP contribution in [0.1, 0.15) is 162 Å². The number of carbonyl (C=O) groups excluding carboxylic acids is 11. The zero-order valence-electron chi connectivity index (χ0n) is 62.3. The molecule has 0 spiro atoms. The van der Waals surface area contributed by atoms with Crippen molar-refractivity contribution in [3.05, 3.63) is 30.1 Å². The zero-order chi connectivity index (χ0) is 73.7. The summed E-state index contributed by atoms with van der Waals surface area (Å²) in [4.78, 5) is 176. The van der Waals surface area contributed by atoms with Crippen molar-refractivity contribution < 1.29 is 67.7 Å². The van der Waals surface area contributed by atoms with Gasteiger partial charge in [-0.1, -0.05) is 110 Å². The Balaban J connectivity index is 3.02. The molecule has 96 heavy (non-hydrogen) atoms. The Bertz CT molecular complexity index is 2730. The maximum Gasteiger partial charge on any atom is 0.329 e. The lowest BCUT2D eigenvalue weighted by atomic mass is 9.91. The molecular weight excluding hydrogens is 1230 g/mol. The van der Waals surface area contributed by atoms with Gasteiger partial charge < -0.3 is 70.5 Å². The van der Waals surface area contributed by atoms with Crippen LogP contribution in [0.2, 0.25) is 0 Å². The summed E-state index contributed by atoms with van der Waals surface area (Å²) in [7, 11) is 10.1. The van der Waals surface area contributed by atoms with Gasteiger partial charge in [0, 0.05) is 67.1 Å². The summed E-state index contributed by atoms with van der Waals surface area (Å²) in [5.74, 6) is -11.7. The smallest absolute Gasteiger partial charge is 0.329 e. The minimum atomic E-state index is -1.77. The van der Waals surface area contributed by atoms with Crippen molar-refractivity contribution in [1.29, 1.82) is 0 Å². The van der Waals surface area contributed by atoms with Crippen molar-refractivity contribution in [2.24, 2.45) is 47.3 Å². The van der Waals surface area contributed by atoms with Crippen LogP contribution in [-0.2, 0) is 63.9 Å². The summed E-state index contributed by atoms with van der Waals surface area (Å²) in [5, 5.41) is 34.9. The monoisotopic (exact) mass is 1350 g/mol. The van der Waals surface area contributed by atoms with Crippen LogP contribution in [0.3, 0.4) is 0 Å². The molecule has 0 unspecified atom stereocenters. The molecule has 0 bridgehead atoms. The number of rotatable bonds is 21. The van der Waals surface area contributed by atoms with Crippen molar-refractivity contribution in [1.82, 2.24) is 60.6 Å². The van der Waals surface area contributed by atoms with Crippen LogP contribution in [0.25, 0.3) is 0 Å². The largest absolute Gasteiger partial charge is 0.450 e. The van der Waals surface area contributed by atoms with E-state index in [0.29, 0.717) is 25.9 Å². The highest BCUT2D eigenvalue weighted by Gasteiger charge is 2.46. The van der Waals surface area contributed by atoms with E-state index in [1.165, 1.54) is 70.8 Å². The molecule has 1 saturated heterocycles. The number of amides is 10. The number of hydrogen-bond donors (Lipinski definition) is 6. The van der Waals surface area contributed by atoms with Gasteiger partial charge in [-0.05, 0) is 125 Å². The highest BCUT2D eigenvalue weighted by Crippen LogP contribution is 2.25. The zero-order valence-corrected chi connectivity index (χ0v) is 62.3. The highest BCUT2D eigenvalue weighted by atomic mass is 16.6. The van der Waals surface area contributed by atoms with E-state index < -0.39 is 162 Å². The molecule has 26 heteroatoms. The molecule has 26 nitrogen and oxygen atoms in total. The van der Waals surface area contributed by atoms with Crippen molar-refractivity contribution in [3.8, 4) is 0 Å². The summed E-state index contributed by atoms with van der Waals surface area (Å²) >= 11 is 0. The number of nitrogens with zero attached hydrogens (tertiary/aromatic N) is 8. The summed E-state index contributed by atoms with van der Waals surface area (Å²) in [6, 6.07) is -6.73. The molecule has 13 atom stereocenters. The molecular formula is C70H122N12O14. The first-order chi connectivity index (χ1) is 44.5. The number of cyclic esters (lactones) is 1. The molecule has 2 heterocycles. The molecule has 1 aliphatic rings. The number of likely N-dealkylation sites (N-methyl/N-ethyl adjacent to an activating group) is 7. The fourth-order valence-corrected chi connectivity index (χ4v) is 11.9. The Morgan fingerprint density at radius 1 is 0.521 bits per heavy atom. The van der Waals surface area contributed by atoms with E-state index in [1.54, 1.807) is 40.8 Å². The number of pyridine rings is 1. The van der Waals surface area contributed by atoms with Gasteiger partial charge in [-0.25, -0.2) is 4.79 Å². The maximum absolute atomic E-state index is 15.4. The van der Waals surface area contributed by atoms with Gasteiger partial charge in [0.15, 0.2) is 6.10 Å². The van der Waals surface area contributed by atoms with Crippen LogP contribution < -0.4 is 21.3 Å². The quantitative estimate of drug-likeness (QED) is 0.0962. The van der Waals surface area contributed by atoms with Crippen LogP contribution >= 0.6 is 0 Å². The molecule has 0 radical (unpaired) electrons. The van der Waals surface area contributed by atoms with Crippen molar-refractivity contribution in [3.63, 3.8) is 0 Å². The molecule has 0 aromatic carbocycles. The Morgan fingerprint density at radius 3 is 1.41 bits per heavy atom. The van der Waals surface area contributed by atoms with E-state index in [9.17, 15) is 48.6 Å². The fourth-order valence-electron chi connectivity index (χ4n) is 11.9. The van der Waals surface area contributed by atoms with E-state index in [2.05, 4.69) is 26.3 Å². The third kappa shape index (κ3) is 25.6. The molecule has 2 rings (SSSR count). The van der Waals surface area contributed by atoms with Gasteiger partial charge in [0.05, 0.1) is 18.8 Å². The SMILES string of the molecule is CC(C)C[C@@H]1C(=O)N[C@H](CC(C)C)C(=O)N(C)[C@H](C(C)C)C(=O)N(C)[C@H]([C@H](O)[C@H](C)CCN(C)CCc2ccccn2)C(=O)N[C@H]([C@@H](C)O)C(=O)N(C)CC(=O)N(C)[C@@H](CC(C)C)C(=O)N[C@H](CC(C)C)C(=O)N(C)[C@H](CC(C)C)C(=O)N[C@H](C)C(=O)O[C@@H](C(C)C)C(=O)N1C. The lowest BCUT2D eigenvalue weighted by Gasteiger charge is -2.40. The number of esters is 1. The van der Waals surface area contributed by atoms with Crippen LogP contribution in [0.15, 0.2) is 24.4 Å². The van der Waals surface area contributed by atoms with E-state index in [1.807, 2.05) is 99.4 Å². The minimum Gasteiger partial charge on any atom is -0.450 e. The van der Waals surface area contributed by atoms with E-state index >= 15 is 14.4 Å². The second-order valence-corrected chi connectivity index (χ2v) is 29.6. The van der Waals surface area contributed by atoms with Crippen LogP contribution in [0.5, 0.6) is 0 Å². The molecule has 0 saturated carbocycles. The van der Waals surface area contributed by atoms with Gasteiger partial charge >= 0.3 is 5.97 Å². The minimum absolute atomic E-state index is 0.0718. The van der Waals surface area contributed by atoms with Gasteiger partial charge in [-0.2, -0.15) is 0 Å². The number of aromatic nitrogens is 1. The Labute approximate surface area is 572 Å². The lowest BCUT2D eigenvalue weighted by molar-refractivity contribution is -0.166. The highest BCUT2D eigenvalue weighted by molar-refractivity contribution is 5.99. The first-order valence-corrected chi connectivity index (χ1v) is 34.4. The third-order valence-electron chi connectivity index (χ3n) is 17.8. The number of nitrogens with one attached hydrogen (secondary N) is 4. The summed E-state index contributed by atoms with van der Waals surface area (Å²) < 4.78 is 5.92. The molecule has 1 aromatic rings. The molecule has 546 valence electrons. The average molecular weight is 1360 g/mol. The lowest BCUT2D eigenvalue weighted by Crippen LogP contribution is -2.64. The Morgan fingerprint density at radius 2 is 0.969 bits per heavy atom. The number of carbonyl (C=O) groups is 11. The fraction of sp³-hybridized carbons (Fsp3) is 0.771. The van der Waals surface area contributed by atoms with Gasteiger partial charge in [0.1, 0.15) is 54.4 Å². The van der Waals surface area contributed by atoms with Crippen LogP contribution in [-0.4, -0.2) is 256 Å². The third-order valence-corrected chi connectivity index (χ3v) is 17.8. The van der Waals surface area contributed by atoms with Crippen molar-refractivity contribution in [2.45, 2.75) is 235 Å². The average Bonchev–Trinajstić information content (AvgIpc) is 0.808. The van der Waals surface area contributed by atoms with Crippen molar-refractivity contribution >= 4 is 65.0 Å². The Kier molecular flexibility index (Phi) is 35.1. The standard InChI is InChI=1S/C70H122N12O14/c1-39(2)33-50-65(90)79(21)53(36-42(7)8)61(86)72-47(16)70(95)96-60(45(13)14)69(94)80(22)54(37-43(9)10)63(88)74-51(34-40(3)4)66(91)81(23)57(44(11)12)68(93)82(24)58(59(85)46(15)28-31-76(18)32-29-49-27-25-26-30-71-49)64(89)75-56(48(17)83)67(92)77(19)38-55(84)78(20)52(35-41(5)6)62(87)73-50/h25-27,30,39-48,50-54,56-60,83,85H,28-29,31-38H2,1-24H3,(H,72,86)(H,73,87)(H,74,88)(H,75,89)/t46-,47-,48-,50-,51-,52+,53-,54-,56-,57-,58-,59-,60+/m1/s1. The predicted octanol–water partition coefficient (Wildman–Crippen LogP) is 3.34. The number of aliphatic hydroxyl groups is 2. The normalized spacial score (nSPS) is 25.4. The van der Waals surface area contributed by atoms with E-state index in [-0.39, 0.29) is 61.7 Å². The van der Waals surface area contributed by atoms with Gasteiger partial charge in [0.2, 0.25) is 53.2 Å². The van der Waals surface area contributed by atoms with Crippen molar-refractivity contribution in [2.75, 3.05) is 69.0 Å². The molecule has 1 aliphatic heterocycles. The number of ether oxygens (including phenoxy) is 1. The molecule has 1 aromatic heterocycles. The molecule has 10 amide bonds. The number of aliphatic hydroxyl groups excluding tert-OH is 2. The topological polar surface area (TPSA) is 321 Å². The first kappa shape index (κ1) is 85.3. The second kappa shape index (κ2) is 39.6. The maximum atomic E-state index is 15.4. The van der Waals surface area contributed by atoms with Gasteiger partial charge in [-0.3, -0.25) is 52.9 Å². The summed E-state index contributed by atoms with van der Waals surface area (Å²) in [6.45, 7) is 29.8. The summed E-state index contributed by atoms with van der Waals surface area (Å²) in [5.41, 5.74) is 0.881. The summed E-state index contributed by atoms with van der Waals surface area (Å²) in [6.07, 6.45) is -1.57. The molecule has 6 N–H and O–H groups in total.